The van der Waals surface area contributed by atoms with E-state index in [1.807, 2.05) is 4.90 Å². The second kappa shape index (κ2) is 7.63. The third-order valence-electron chi connectivity index (χ3n) is 4.86. The lowest BCUT2D eigenvalue weighted by molar-refractivity contribution is 0.0674. The van der Waals surface area contributed by atoms with Gasteiger partial charge in [-0.25, -0.2) is 8.78 Å². The van der Waals surface area contributed by atoms with Crippen molar-refractivity contribution in [2.75, 3.05) is 52.5 Å². The molecule has 2 heterocycles. The van der Waals surface area contributed by atoms with E-state index in [-0.39, 0.29) is 5.56 Å². The van der Waals surface area contributed by atoms with Crippen LogP contribution in [-0.4, -0.2) is 74.4 Å². The van der Waals surface area contributed by atoms with Crippen LogP contribution >= 0.6 is 0 Å². The molecule has 2 aliphatic heterocycles. The van der Waals surface area contributed by atoms with E-state index in [4.69, 9.17) is 4.74 Å². The summed E-state index contributed by atoms with van der Waals surface area (Å²) in [6, 6.07) is 3.38. The molecule has 1 aromatic carbocycles. The second-order valence-corrected chi connectivity index (χ2v) is 8.19. The molecule has 2 fully saturated rings. The van der Waals surface area contributed by atoms with E-state index in [9.17, 15) is 17.2 Å². The van der Waals surface area contributed by atoms with E-state index in [1.54, 1.807) is 6.92 Å². The maximum Gasteiger partial charge on any atom is 0.282 e. The summed E-state index contributed by atoms with van der Waals surface area (Å²) in [7, 11) is -3.50. The molecule has 9 heteroatoms. The molecule has 2 aliphatic rings. The van der Waals surface area contributed by atoms with Crippen LogP contribution in [-0.2, 0) is 14.9 Å². The van der Waals surface area contributed by atoms with Crippen molar-refractivity contribution >= 4 is 10.2 Å². The Hall–Kier alpha value is -1.13. The fraction of sp³-hybridized carbons (Fsp3) is 0.625. The van der Waals surface area contributed by atoms with Crippen molar-refractivity contribution in [2.24, 2.45) is 0 Å². The fourth-order valence-electron chi connectivity index (χ4n) is 3.35. The van der Waals surface area contributed by atoms with Crippen LogP contribution in [0.3, 0.4) is 0 Å². The Kier molecular flexibility index (Phi) is 5.69. The Morgan fingerprint density at radius 1 is 0.960 bits per heavy atom. The molecule has 1 unspecified atom stereocenters. The Bertz CT molecular complexity index is 682. The van der Waals surface area contributed by atoms with Gasteiger partial charge in [0.2, 0.25) is 0 Å². The molecular formula is C16H23F2N3O3S. The lowest BCUT2D eigenvalue weighted by Crippen LogP contribution is -2.55. The Morgan fingerprint density at radius 3 is 2.04 bits per heavy atom. The molecule has 1 atom stereocenters. The molecule has 2 saturated heterocycles. The molecule has 25 heavy (non-hydrogen) atoms. The normalized spacial score (nSPS) is 22.8. The number of nitrogens with zero attached hydrogens (tertiary/aromatic N) is 3. The summed E-state index contributed by atoms with van der Waals surface area (Å²) in [5.41, 5.74) is 0.0342. The van der Waals surface area contributed by atoms with Gasteiger partial charge in [-0.3, -0.25) is 4.90 Å². The van der Waals surface area contributed by atoms with Crippen molar-refractivity contribution < 1.29 is 21.9 Å². The minimum atomic E-state index is -3.50. The van der Waals surface area contributed by atoms with Gasteiger partial charge in [-0.15, -0.1) is 0 Å². The maximum atomic E-state index is 14.0. The topological polar surface area (TPSA) is 53.1 Å². The molecule has 0 aliphatic carbocycles. The highest BCUT2D eigenvalue weighted by molar-refractivity contribution is 7.86. The highest BCUT2D eigenvalue weighted by atomic mass is 32.2. The van der Waals surface area contributed by atoms with Crippen LogP contribution in [0, 0.1) is 11.6 Å². The van der Waals surface area contributed by atoms with E-state index in [2.05, 4.69) is 0 Å². The number of rotatable bonds is 4. The predicted molar refractivity (Wildman–Crippen MR) is 89.2 cm³/mol. The minimum absolute atomic E-state index is 0.0342. The first kappa shape index (κ1) is 18.7. The molecule has 0 aromatic heterocycles. The van der Waals surface area contributed by atoms with E-state index in [0.29, 0.717) is 52.5 Å². The number of hydrogen-bond donors (Lipinski definition) is 0. The monoisotopic (exact) mass is 375 g/mol. The zero-order chi connectivity index (χ0) is 18.0. The SMILES string of the molecule is CC(c1c(F)cccc1F)N1CCN(S(=O)(=O)N2CCOCC2)CC1. The molecule has 0 spiro atoms. The average molecular weight is 375 g/mol. The summed E-state index contributed by atoms with van der Waals surface area (Å²) in [5.74, 6) is -1.15. The van der Waals surface area contributed by atoms with Crippen LogP contribution in [0.5, 0.6) is 0 Å². The molecular weight excluding hydrogens is 352 g/mol. The Morgan fingerprint density at radius 2 is 1.48 bits per heavy atom. The molecule has 0 N–H and O–H groups in total. The van der Waals surface area contributed by atoms with Gasteiger partial charge in [0, 0.05) is 50.9 Å². The van der Waals surface area contributed by atoms with Gasteiger partial charge in [0.25, 0.3) is 10.2 Å². The first-order valence-electron chi connectivity index (χ1n) is 8.42. The number of morpholine rings is 1. The van der Waals surface area contributed by atoms with Gasteiger partial charge in [-0.2, -0.15) is 17.0 Å². The molecule has 0 bridgehead atoms. The van der Waals surface area contributed by atoms with Crippen LogP contribution in [0.25, 0.3) is 0 Å². The number of benzene rings is 1. The predicted octanol–water partition coefficient (Wildman–Crippen LogP) is 1.22. The third kappa shape index (κ3) is 3.85. The Balaban J connectivity index is 1.65. The largest absolute Gasteiger partial charge is 0.379 e. The van der Waals surface area contributed by atoms with E-state index in [1.165, 1.54) is 26.8 Å². The first-order valence-corrected chi connectivity index (χ1v) is 9.82. The van der Waals surface area contributed by atoms with Crippen LogP contribution in [0.1, 0.15) is 18.5 Å². The number of ether oxygens (including phenoxy) is 1. The van der Waals surface area contributed by atoms with Gasteiger partial charge in [0.15, 0.2) is 0 Å². The summed E-state index contributed by atoms with van der Waals surface area (Å²) in [6.07, 6.45) is 0. The summed E-state index contributed by atoms with van der Waals surface area (Å²) >= 11 is 0. The Labute approximate surface area is 147 Å². The van der Waals surface area contributed by atoms with Gasteiger partial charge in [0.05, 0.1) is 13.2 Å². The fourth-order valence-corrected chi connectivity index (χ4v) is 4.92. The van der Waals surface area contributed by atoms with Gasteiger partial charge in [-0.05, 0) is 19.1 Å². The lowest BCUT2D eigenvalue weighted by Gasteiger charge is -2.40. The quantitative estimate of drug-likeness (QED) is 0.794. The smallest absolute Gasteiger partial charge is 0.282 e. The third-order valence-corrected chi connectivity index (χ3v) is 6.90. The van der Waals surface area contributed by atoms with Gasteiger partial charge < -0.3 is 4.74 Å². The molecule has 0 saturated carbocycles. The summed E-state index contributed by atoms with van der Waals surface area (Å²) < 4.78 is 61.3. The van der Waals surface area contributed by atoms with Crippen LogP contribution in [0.15, 0.2) is 18.2 Å². The van der Waals surface area contributed by atoms with Crippen LogP contribution in [0.4, 0.5) is 8.78 Å². The van der Waals surface area contributed by atoms with Gasteiger partial charge in [-0.1, -0.05) is 6.07 Å². The summed E-state index contributed by atoms with van der Waals surface area (Å²) in [5, 5.41) is 0. The van der Waals surface area contributed by atoms with Gasteiger partial charge >= 0.3 is 0 Å². The lowest BCUT2D eigenvalue weighted by atomic mass is 10.0. The zero-order valence-corrected chi connectivity index (χ0v) is 15.0. The number of halogens is 2. The number of hydrogen-bond acceptors (Lipinski definition) is 4. The molecule has 0 radical (unpaired) electrons. The van der Waals surface area contributed by atoms with Crippen molar-refractivity contribution in [2.45, 2.75) is 13.0 Å². The van der Waals surface area contributed by atoms with Gasteiger partial charge in [0.1, 0.15) is 11.6 Å². The minimum Gasteiger partial charge on any atom is -0.379 e. The first-order chi connectivity index (χ1) is 11.9. The van der Waals surface area contributed by atoms with E-state index >= 15 is 0 Å². The molecule has 3 rings (SSSR count). The van der Waals surface area contributed by atoms with Crippen molar-refractivity contribution in [3.05, 3.63) is 35.4 Å². The zero-order valence-electron chi connectivity index (χ0n) is 14.2. The summed E-state index contributed by atoms with van der Waals surface area (Å²) in [6.45, 7) is 4.75. The van der Waals surface area contributed by atoms with E-state index in [0.717, 1.165) is 0 Å². The maximum absolute atomic E-state index is 14.0. The highest BCUT2D eigenvalue weighted by Crippen LogP contribution is 2.27. The highest BCUT2D eigenvalue weighted by Gasteiger charge is 2.35. The number of piperazine rings is 1. The molecule has 1 aromatic rings. The van der Waals surface area contributed by atoms with E-state index < -0.39 is 27.9 Å². The van der Waals surface area contributed by atoms with Crippen molar-refractivity contribution in [3.63, 3.8) is 0 Å². The van der Waals surface area contributed by atoms with Crippen LogP contribution < -0.4 is 0 Å². The summed E-state index contributed by atoms with van der Waals surface area (Å²) in [4.78, 5) is 1.91. The molecule has 6 nitrogen and oxygen atoms in total. The van der Waals surface area contributed by atoms with Crippen molar-refractivity contribution in [1.82, 2.24) is 13.5 Å². The second-order valence-electron chi connectivity index (χ2n) is 6.27. The van der Waals surface area contributed by atoms with Crippen LogP contribution in [0.2, 0.25) is 0 Å². The molecule has 140 valence electrons. The van der Waals surface area contributed by atoms with Crippen molar-refractivity contribution in [1.29, 1.82) is 0 Å². The standard InChI is InChI=1S/C16H23F2N3O3S/c1-13(16-14(17)3-2-4-15(16)18)19-5-7-20(8-6-19)25(22,23)21-9-11-24-12-10-21/h2-4,13H,5-12H2,1H3. The average Bonchev–Trinajstić information content (AvgIpc) is 2.62. The molecule has 0 amide bonds. The van der Waals surface area contributed by atoms with Crippen molar-refractivity contribution in [3.8, 4) is 0 Å².